The lowest BCUT2D eigenvalue weighted by atomic mass is 9.80. The van der Waals surface area contributed by atoms with E-state index in [2.05, 4.69) is 6.07 Å². The number of benzene rings is 2. The molecule has 0 radical (unpaired) electrons. The van der Waals surface area contributed by atoms with Crippen LogP contribution in [0.4, 0.5) is 0 Å². The molecule has 2 N–H and O–H groups in total. The first-order valence-corrected chi connectivity index (χ1v) is 6.29. The molecule has 0 saturated heterocycles. The van der Waals surface area contributed by atoms with Gasteiger partial charge in [0.05, 0.1) is 12.5 Å². The maximum Gasteiger partial charge on any atom is 0.313 e. The van der Waals surface area contributed by atoms with Crippen molar-refractivity contribution in [1.82, 2.24) is 0 Å². The average molecular weight is 294 g/mol. The van der Waals surface area contributed by atoms with Gasteiger partial charge in [-0.05, 0) is 36.2 Å². The zero-order valence-electron chi connectivity index (χ0n) is 11.9. The van der Waals surface area contributed by atoms with E-state index in [1.807, 2.05) is 36.4 Å². The maximum absolute atomic E-state index is 11.8. The number of hydrogen-bond donors (Lipinski definition) is 1. The van der Waals surface area contributed by atoms with Gasteiger partial charge in [0.15, 0.2) is 0 Å². The summed E-state index contributed by atoms with van der Waals surface area (Å²) >= 11 is 0. The van der Waals surface area contributed by atoms with Crippen LogP contribution in [0.3, 0.4) is 0 Å². The fourth-order valence-corrected chi connectivity index (χ4v) is 2.21. The SMILES string of the molecule is COC(=O)C(C)(C)[C@@H](N)c1ccc2ccccc2c1.Cl. The van der Waals surface area contributed by atoms with E-state index in [1.165, 1.54) is 7.11 Å². The Morgan fingerprint density at radius 1 is 1.15 bits per heavy atom. The van der Waals surface area contributed by atoms with Crippen molar-refractivity contribution in [3.05, 3.63) is 48.0 Å². The standard InChI is InChI=1S/C16H19NO2.ClH/c1-16(2,15(18)19-3)14(17)13-9-8-11-6-4-5-7-12(11)10-13;/h4-10,14H,17H2,1-3H3;1H/t14-;/m0./s1. The molecule has 0 bridgehead atoms. The summed E-state index contributed by atoms with van der Waals surface area (Å²) in [5.41, 5.74) is 6.43. The van der Waals surface area contributed by atoms with Crippen LogP contribution < -0.4 is 5.73 Å². The Morgan fingerprint density at radius 2 is 1.75 bits per heavy atom. The van der Waals surface area contributed by atoms with E-state index in [9.17, 15) is 4.79 Å². The van der Waals surface area contributed by atoms with Crippen molar-refractivity contribution in [2.24, 2.45) is 11.1 Å². The van der Waals surface area contributed by atoms with Gasteiger partial charge in [0.25, 0.3) is 0 Å². The number of carbonyl (C=O) groups excluding carboxylic acids is 1. The summed E-state index contributed by atoms with van der Waals surface area (Å²) in [5, 5.41) is 2.28. The molecule has 0 aliphatic carbocycles. The molecule has 0 saturated carbocycles. The molecular weight excluding hydrogens is 274 g/mol. The molecule has 20 heavy (non-hydrogen) atoms. The van der Waals surface area contributed by atoms with E-state index in [0.717, 1.165) is 16.3 Å². The summed E-state index contributed by atoms with van der Waals surface area (Å²) in [6.07, 6.45) is 0. The topological polar surface area (TPSA) is 52.3 Å². The molecule has 0 aromatic heterocycles. The van der Waals surface area contributed by atoms with Gasteiger partial charge in [0.1, 0.15) is 0 Å². The van der Waals surface area contributed by atoms with E-state index >= 15 is 0 Å². The minimum Gasteiger partial charge on any atom is -0.469 e. The van der Waals surface area contributed by atoms with E-state index in [4.69, 9.17) is 10.5 Å². The number of halogens is 1. The summed E-state index contributed by atoms with van der Waals surface area (Å²) in [6.45, 7) is 3.61. The fraction of sp³-hybridized carbons (Fsp3) is 0.312. The molecule has 108 valence electrons. The second kappa shape index (κ2) is 6.25. The molecule has 0 amide bonds. The summed E-state index contributed by atoms with van der Waals surface area (Å²) < 4.78 is 4.83. The Bertz CT molecular complexity index is 610. The van der Waals surface area contributed by atoms with Crippen molar-refractivity contribution >= 4 is 29.1 Å². The molecule has 0 aliphatic rings. The number of nitrogens with two attached hydrogens (primary N) is 1. The summed E-state index contributed by atoms with van der Waals surface area (Å²) in [6, 6.07) is 13.7. The van der Waals surface area contributed by atoms with E-state index in [0.29, 0.717) is 0 Å². The van der Waals surface area contributed by atoms with Gasteiger partial charge in [-0.3, -0.25) is 4.79 Å². The Labute approximate surface area is 125 Å². The van der Waals surface area contributed by atoms with E-state index in [-0.39, 0.29) is 18.4 Å². The van der Waals surface area contributed by atoms with Crippen molar-refractivity contribution in [1.29, 1.82) is 0 Å². The number of carbonyl (C=O) groups is 1. The van der Waals surface area contributed by atoms with Crippen LogP contribution in [-0.4, -0.2) is 13.1 Å². The number of ether oxygens (including phenoxy) is 1. The van der Waals surface area contributed by atoms with Crippen molar-refractivity contribution in [2.45, 2.75) is 19.9 Å². The van der Waals surface area contributed by atoms with E-state index < -0.39 is 11.5 Å². The van der Waals surface area contributed by atoms with Gasteiger partial charge in [0.2, 0.25) is 0 Å². The smallest absolute Gasteiger partial charge is 0.313 e. The normalized spacial score (nSPS) is 12.6. The summed E-state index contributed by atoms with van der Waals surface area (Å²) in [4.78, 5) is 11.8. The minimum absolute atomic E-state index is 0. The quantitative estimate of drug-likeness (QED) is 0.882. The first-order valence-electron chi connectivity index (χ1n) is 6.29. The van der Waals surface area contributed by atoms with E-state index in [1.54, 1.807) is 13.8 Å². The second-order valence-electron chi connectivity index (χ2n) is 5.30. The van der Waals surface area contributed by atoms with Crippen molar-refractivity contribution < 1.29 is 9.53 Å². The zero-order chi connectivity index (χ0) is 14.0. The molecule has 0 heterocycles. The van der Waals surface area contributed by atoms with Gasteiger partial charge in [-0.25, -0.2) is 0 Å². The lowest BCUT2D eigenvalue weighted by Gasteiger charge is -2.29. The number of hydrogen-bond acceptors (Lipinski definition) is 3. The van der Waals surface area contributed by atoms with Crippen LogP contribution in [0.1, 0.15) is 25.5 Å². The first kappa shape index (κ1) is 16.5. The highest BCUT2D eigenvalue weighted by atomic mass is 35.5. The van der Waals surface area contributed by atoms with Crippen molar-refractivity contribution in [3.63, 3.8) is 0 Å². The fourth-order valence-electron chi connectivity index (χ4n) is 2.21. The number of fused-ring (bicyclic) bond motifs is 1. The molecule has 0 aliphatic heterocycles. The van der Waals surface area contributed by atoms with Crippen molar-refractivity contribution in [3.8, 4) is 0 Å². The third-order valence-electron chi connectivity index (χ3n) is 3.62. The predicted octanol–water partition coefficient (Wildman–Crippen LogP) is 3.46. The largest absolute Gasteiger partial charge is 0.469 e. The number of methoxy groups -OCH3 is 1. The zero-order valence-corrected chi connectivity index (χ0v) is 12.7. The van der Waals surface area contributed by atoms with Gasteiger partial charge >= 0.3 is 5.97 Å². The van der Waals surface area contributed by atoms with Crippen LogP contribution in [0.2, 0.25) is 0 Å². The van der Waals surface area contributed by atoms with Gasteiger partial charge < -0.3 is 10.5 Å². The third kappa shape index (κ3) is 2.94. The van der Waals surface area contributed by atoms with Gasteiger partial charge in [-0.1, -0.05) is 36.4 Å². The molecule has 4 heteroatoms. The second-order valence-corrected chi connectivity index (χ2v) is 5.30. The molecule has 0 spiro atoms. The summed E-state index contributed by atoms with van der Waals surface area (Å²) in [5.74, 6) is -0.298. The highest BCUT2D eigenvalue weighted by Crippen LogP contribution is 2.33. The average Bonchev–Trinajstić information content (AvgIpc) is 2.44. The van der Waals surface area contributed by atoms with Crippen LogP contribution in [0.5, 0.6) is 0 Å². The van der Waals surface area contributed by atoms with Crippen LogP contribution in [-0.2, 0) is 9.53 Å². The number of rotatable bonds is 3. The first-order chi connectivity index (χ1) is 8.96. The molecule has 2 aromatic rings. The van der Waals surface area contributed by atoms with Crippen LogP contribution in [0.15, 0.2) is 42.5 Å². The highest BCUT2D eigenvalue weighted by Gasteiger charge is 2.36. The van der Waals surface area contributed by atoms with Crippen LogP contribution in [0, 0.1) is 5.41 Å². The molecule has 2 aromatic carbocycles. The highest BCUT2D eigenvalue weighted by molar-refractivity contribution is 5.85. The van der Waals surface area contributed by atoms with Crippen LogP contribution >= 0.6 is 12.4 Å². The Morgan fingerprint density at radius 3 is 2.35 bits per heavy atom. The molecule has 0 fully saturated rings. The van der Waals surface area contributed by atoms with Gasteiger partial charge in [-0.15, -0.1) is 12.4 Å². The van der Waals surface area contributed by atoms with Gasteiger partial charge in [0, 0.05) is 6.04 Å². The predicted molar refractivity (Wildman–Crippen MR) is 83.9 cm³/mol. The minimum atomic E-state index is -0.753. The van der Waals surface area contributed by atoms with Crippen LogP contribution in [0.25, 0.3) is 10.8 Å². The lowest BCUT2D eigenvalue weighted by molar-refractivity contribution is -0.152. The molecule has 2 rings (SSSR count). The van der Waals surface area contributed by atoms with Crippen molar-refractivity contribution in [2.75, 3.05) is 7.11 Å². The Kier molecular flexibility index (Phi) is 5.15. The molecule has 0 unspecified atom stereocenters. The monoisotopic (exact) mass is 293 g/mol. The lowest BCUT2D eigenvalue weighted by Crippen LogP contribution is -2.37. The number of esters is 1. The molecule has 3 nitrogen and oxygen atoms in total. The van der Waals surface area contributed by atoms with Gasteiger partial charge in [-0.2, -0.15) is 0 Å². The molecule has 1 atom stereocenters. The molecular formula is C16H20ClNO2. The third-order valence-corrected chi connectivity index (χ3v) is 3.62. The maximum atomic E-state index is 11.8. The Balaban J connectivity index is 0.00000200. The summed E-state index contributed by atoms with van der Waals surface area (Å²) in [7, 11) is 1.39. The Hall–Kier alpha value is -1.58.